The van der Waals surface area contributed by atoms with E-state index in [0.29, 0.717) is 12.8 Å². The molecular formula is C81H147NO18. The molecule has 3 aliphatic rings. The van der Waals surface area contributed by atoms with Crippen LogP contribution in [0, 0.1) is 0 Å². The maximum absolute atomic E-state index is 13.4. The summed E-state index contributed by atoms with van der Waals surface area (Å²) in [4.78, 5) is 13.4. The van der Waals surface area contributed by atoms with Gasteiger partial charge in [0.1, 0.15) is 73.2 Å². The molecule has 1 amide bonds. The van der Waals surface area contributed by atoms with E-state index in [0.717, 1.165) is 51.4 Å². The fourth-order valence-electron chi connectivity index (χ4n) is 13.5. The number of rotatable bonds is 64. The lowest BCUT2D eigenvalue weighted by Crippen LogP contribution is -2.66. The van der Waals surface area contributed by atoms with Crippen molar-refractivity contribution in [2.24, 2.45) is 0 Å². The SMILES string of the molecule is CCCCCCC/C=C\C/C=C\C/C=C\CCCCCCCCCCCCCCCCCCCCCCCCCCCCC(=O)NC(COC1OC(CO)C(OC2OC(CO)C(OC3OC(CO)C(O)C(O)C3O)C(O)C2O)C(O)C1O)C(O)/C=C/CC/C=C/CCCCCCCCCC. The second-order valence-corrected chi connectivity index (χ2v) is 28.9. The molecule has 0 aromatic heterocycles. The Balaban J connectivity index is 1.27. The van der Waals surface area contributed by atoms with Crippen LogP contribution in [-0.4, -0.2) is 193 Å². The molecule has 3 aliphatic heterocycles. The first-order chi connectivity index (χ1) is 48.8. The molecule has 17 unspecified atom stereocenters. The van der Waals surface area contributed by atoms with Crippen LogP contribution in [0.2, 0.25) is 0 Å². The first kappa shape index (κ1) is 91.7. The summed E-state index contributed by atoms with van der Waals surface area (Å²) in [6.07, 6.45) is 52.5. The van der Waals surface area contributed by atoms with Gasteiger partial charge in [-0.2, -0.15) is 0 Å². The van der Waals surface area contributed by atoms with Crippen LogP contribution >= 0.6 is 0 Å². The van der Waals surface area contributed by atoms with Gasteiger partial charge in [-0.25, -0.2) is 0 Å². The van der Waals surface area contributed by atoms with Gasteiger partial charge in [0, 0.05) is 6.42 Å². The minimum absolute atomic E-state index is 0.238. The Morgan fingerprint density at radius 2 is 0.670 bits per heavy atom. The number of hydrogen-bond acceptors (Lipinski definition) is 18. The number of amides is 1. The number of carbonyl (C=O) groups excluding carboxylic acids is 1. The number of carbonyl (C=O) groups is 1. The van der Waals surface area contributed by atoms with Crippen LogP contribution in [0.1, 0.15) is 316 Å². The lowest BCUT2D eigenvalue weighted by Gasteiger charge is -2.48. The van der Waals surface area contributed by atoms with Crippen molar-refractivity contribution >= 4 is 5.91 Å². The summed E-state index contributed by atoms with van der Waals surface area (Å²) in [7, 11) is 0. The van der Waals surface area contributed by atoms with Gasteiger partial charge < -0.3 is 89.9 Å². The molecule has 19 heteroatoms. The van der Waals surface area contributed by atoms with Crippen molar-refractivity contribution in [3.8, 4) is 0 Å². The average molecular weight is 1420 g/mol. The van der Waals surface area contributed by atoms with Crippen LogP contribution in [0.25, 0.3) is 0 Å². The monoisotopic (exact) mass is 1420 g/mol. The maximum atomic E-state index is 13.4. The number of aliphatic hydroxyl groups excluding tert-OH is 11. The second kappa shape index (κ2) is 61.6. The highest BCUT2D eigenvalue weighted by Gasteiger charge is 2.54. The summed E-state index contributed by atoms with van der Waals surface area (Å²) >= 11 is 0. The van der Waals surface area contributed by atoms with Gasteiger partial charge in [0.2, 0.25) is 5.91 Å². The van der Waals surface area contributed by atoms with Crippen LogP contribution in [0.4, 0.5) is 0 Å². The molecular weight excluding hydrogens is 1270 g/mol. The van der Waals surface area contributed by atoms with E-state index in [1.54, 1.807) is 6.08 Å². The van der Waals surface area contributed by atoms with Crippen molar-refractivity contribution in [3.63, 3.8) is 0 Å². The summed E-state index contributed by atoms with van der Waals surface area (Å²) in [5.41, 5.74) is 0. The largest absolute Gasteiger partial charge is 0.394 e. The zero-order chi connectivity index (χ0) is 72.5. The number of unbranched alkanes of at least 4 members (excludes halogenated alkanes) is 40. The minimum atomic E-state index is -1.98. The van der Waals surface area contributed by atoms with E-state index in [1.807, 2.05) is 6.08 Å². The topological polar surface area (TPSA) is 307 Å². The van der Waals surface area contributed by atoms with E-state index in [-0.39, 0.29) is 18.9 Å². The smallest absolute Gasteiger partial charge is 0.220 e. The normalized spacial score (nSPS) is 26.8. The van der Waals surface area contributed by atoms with E-state index in [2.05, 4.69) is 67.8 Å². The quantitative estimate of drug-likeness (QED) is 0.0199. The summed E-state index contributed by atoms with van der Waals surface area (Å²) in [6, 6.07) is -0.989. The Hall–Kier alpha value is -2.51. The molecule has 3 heterocycles. The van der Waals surface area contributed by atoms with E-state index >= 15 is 0 Å². The molecule has 3 rings (SSSR count). The predicted molar refractivity (Wildman–Crippen MR) is 397 cm³/mol. The predicted octanol–water partition coefficient (Wildman–Crippen LogP) is 13.5. The van der Waals surface area contributed by atoms with Crippen molar-refractivity contribution in [2.45, 2.75) is 420 Å². The van der Waals surface area contributed by atoms with Crippen LogP contribution in [0.3, 0.4) is 0 Å². The lowest BCUT2D eigenvalue weighted by atomic mass is 9.96. The van der Waals surface area contributed by atoms with Gasteiger partial charge in [0.15, 0.2) is 18.9 Å². The summed E-state index contributed by atoms with van der Waals surface area (Å²) < 4.78 is 34.4. The van der Waals surface area contributed by atoms with Crippen molar-refractivity contribution in [3.05, 3.63) is 60.8 Å². The third-order valence-corrected chi connectivity index (χ3v) is 20.0. The molecule has 0 bridgehead atoms. The van der Waals surface area contributed by atoms with Gasteiger partial charge in [-0.1, -0.05) is 299 Å². The molecule has 0 aromatic carbocycles. The number of allylic oxidation sites excluding steroid dienone is 9. The Bertz CT molecular complexity index is 2040. The maximum Gasteiger partial charge on any atom is 0.220 e. The van der Waals surface area contributed by atoms with E-state index in [1.165, 1.54) is 231 Å². The zero-order valence-electron chi connectivity index (χ0n) is 62.4. The molecule has 0 aromatic rings. The number of ether oxygens (including phenoxy) is 6. The Morgan fingerprint density at radius 1 is 0.360 bits per heavy atom. The van der Waals surface area contributed by atoms with Crippen molar-refractivity contribution < 1.29 is 89.4 Å². The van der Waals surface area contributed by atoms with E-state index in [9.17, 15) is 61.0 Å². The fraction of sp³-hybridized carbons (Fsp3) is 0.864. The third kappa shape index (κ3) is 41.4. The van der Waals surface area contributed by atoms with Crippen LogP contribution in [0.15, 0.2) is 60.8 Å². The molecule has 3 saturated heterocycles. The van der Waals surface area contributed by atoms with Crippen molar-refractivity contribution in [1.82, 2.24) is 5.32 Å². The molecule has 100 heavy (non-hydrogen) atoms. The van der Waals surface area contributed by atoms with Crippen molar-refractivity contribution in [1.29, 1.82) is 0 Å². The zero-order valence-corrected chi connectivity index (χ0v) is 62.4. The fourth-order valence-corrected chi connectivity index (χ4v) is 13.5. The van der Waals surface area contributed by atoms with Crippen LogP contribution in [0.5, 0.6) is 0 Å². The molecule has 17 atom stereocenters. The highest BCUT2D eigenvalue weighted by molar-refractivity contribution is 5.76. The van der Waals surface area contributed by atoms with E-state index in [4.69, 9.17) is 28.4 Å². The third-order valence-electron chi connectivity index (χ3n) is 20.0. The molecule has 0 radical (unpaired) electrons. The van der Waals surface area contributed by atoms with Gasteiger partial charge in [0.25, 0.3) is 0 Å². The number of nitrogens with one attached hydrogen (secondary N) is 1. The molecule has 0 spiro atoms. The van der Waals surface area contributed by atoms with Crippen LogP contribution in [-0.2, 0) is 33.2 Å². The van der Waals surface area contributed by atoms with Gasteiger partial charge in [-0.15, -0.1) is 0 Å². The molecule has 12 N–H and O–H groups in total. The van der Waals surface area contributed by atoms with Gasteiger partial charge in [-0.3, -0.25) is 4.79 Å². The van der Waals surface area contributed by atoms with Gasteiger partial charge in [0.05, 0.1) is 38.6 Å². The molecule has 584 valence electrons. The highest BCUT2D eigenvalue weighted by atomic mass is 16.8. The summed E-state index contributed by atoms with van der Waals surface area (Å²) in [6.45, 7) is 1.71. The summed E-state index contributed by atoms with van der Waals surface area (Å²) in [5.74, 6) is -0.282. The average Bonchev–Trinajstić information content (AvgIpc) is 0.783. The minimum Gasteiger partial charge on any atom is -0.394 e. The second-order valence-electron chi connectivity index (χ2n) is 28.9. The van der Waals surface area contributed by atoms with Gasteiger partial charge in [-0.05, 0) is 70.6 Å². The Morgan fingerprint density at radius 3 is 1.07 bits per heavy atom. The van der Waals surface area contributed by atoms with Crippen LogP contribution < -0.4 is 5.32 Å². The Kier molecular flexibility index (Phi) is 56.5. The molecule has 19 nitrogen and oxygen atoms in total. The number of hydrogen-bond donors (Lipinski definition) is 12. The first-order valence-corrected chi connectivity index (χ1v) is 40.5. The van der Waals surface area contributed by atoms with Crippen molar-refractivity contribution in [2.75, 3.05) is 26.4 Å². The first-order valence-electron chi connectivity index (χ1n) is 40.5. The number of aliphatic hydroxyl groups is 11. The summed E-state index contributed by atoms with van der Waals surface area (Å²) in [5, 5.41) is 121. The lowest BCUT2D eigenvalue weighted by molar-refractivity contribution is -0.379. The molecule has 0 saturated carbocycles. The molecule has 0 aliphatic carbocycles. The standard InChI is InChI=1S/C81H147NO18/c1-3-5-7-9-11-13-15-17-19-20-21-22-23-24-25-26-27-28-29-30-31-32-33-34-35-36-37-38-39-40-41-42-43-44-45-47-49-51-53-55-57-59-69(87)82-64(65(86)58-56-54-52-50-48-46-18-16-14-12-10-8-6-4-2)63-95-79-75(93)72(90)77(67(61-84)97-79)100-81-76(94)73(91)78(68(62-85)98-81)99-80-74(92)71(89)70(88)66(60-83)96-80/h15,17,20-21,23-24,48,50,56,58,64-68,70-81,83-86,88-94H,3-14,16,18-19,22,25-47,49,51-55,57,59-63H2,1-2H3,(H,82,87)/b17-15-,21-20-,24-23-,50-48+,58-56+. The molecule has 3 fully saturated rings. The Labute approximate surface area is 605 Å². The highest BCUT2D eigenvalue weighted by Crippen LogP contribution is 2.33. The van der Waals surface area contributed by atoms with E-state index < -0.39 is 124 Å². The van der Waals surface area contributed by atoms with Gasteiger partial charge >= 0.3 is 0 Å².